The van der Waals surface area contributed by atoms with Gasteiger partial charge in [-0.05, 0) is 69.7 Å². The molecule has 0 radical (unpaired) electrons. The second-order valence-corrected chi connectivity index (χ2v) is 11.7. The molecular formula is C28H31N7O3S. The minimum atomic E-state index is -3.75. The zero-order valence-corrected chi connectivity index (χ0v) is 23.0. The predicted octanol–water partition coefficient (Wildman–Crippen LogP) is 3.76. The standard InChI is InChI=1S/C28H31N7O3S/c1-18-16-24(35(33-18)22-9-7-8-20(17-22)26(29)32-30)27(36)31-21-14-12-19(13-15-21)23-10-5-6-11-25(23)39(37,38)34-28(2,3)4/h5-17,34H,30H2,1-4H3,(H2,29,32)(H,31,36). The second-order valence-electron chi connectivity index (χ2n) is 10.0. The van der Waals surface area contributed by atoms with E-state index in [0.29, 0.717) is 39.5 Å². The number of hydrogen-bond acceptors (Lipinski definition) is 6. The van der Waals surface area contributed by atoms with Crippen LogP contribution in [0, 0.1) is 6.92 Å². The number of amidine groups is 1. The van der Waals surface area contributed by atoms with Crippen molar-refractivity contribution in [3.05, 3.63) is 95.8 Å². The minimum Gasteiger partial charge on any atom is -0.382 e. The van der Waals surface area contributed by atoms with Crippen LogP contribution in [0.15, 0.2) is 88.9 Å². The molecule has 4 rings (SSSR count). The van der Waals surface area contributed by atoms with E-state index in [1.165, 1.54) is 4.68 Å². The van der Waals surface area contributed by atoms with Gasteiger partial charge in [0.1, 0.15) is 11.5 Å². The summed E-state index contributed by atoms with van der Waals surface area (Å²) in [4.78, 5) is 13.4. The molecule has 11 heteroatoms. The Balaban J connectivity index is 1.60. The van der Waals surface area contributed by atoms with Crippen LogP contribution in [0.1, 0.15) is 42.5 Å². The van der Waals surface area contributed by atoms with Crippen LogP contribution in [0.5, 0.6) is 0 Å². The van der Waals surface area contributed by atoms with E-state index in [1.807, 2.05) is 0 Å². The number of hydrazone groups is 1. The number of benzene rings is 3. The second kappa shape index (κ2) is 10.7. The van der Waals surface area contributed by atoms with Crippen LogP contribution in [0.2, 0.25) is 0 Å². The average Bonchev–Trinajstić information content (AvgIpc) is 3.29. The Labute approximate surface area is 227 Å². The number of carbonyl (C=O) groups excluding carboxylic acids is 1. The van der Waals surface area contributed by atoms with Crippen molar-refractivity contribution in [3.63, 3.8) is 0 Å². The fourth-order valence-corrected chi connectivity index (χ4v) is 5.70. The van der Waals surface area contributed by atoms with E-state index in [9.17, 15) is 13.2 Å². The molecule has 1 aromatic heterocycles. The highest BCUT2D eigenvalue weighted by atomic mass is 32.2. The molecule has 0 saturated heterocycles. The predicted molar refractivity (Wildman–Crippen MR) is 153 cm³/mol. The molecule has 6 N–H and O–H groups in total. The molecule has 10 nitrogen and oxygen atoms in total. The van der Waals surface area contributed by atoms with E-state index < -0.39 is 15.6 Å². The zero-order valence-electron chi connectivity index (χ0n) is 22.1. The third-order valence-corrected chi connectivity index (χ3v) is 7.48. The summed E-state index contributed by atoms with van der Waals surface area (Å²) >= 11 is 0. The molecule has 0 saturated carbocycles. The van der Waals surface area contributed by atoms with Gasteiger partial charge < -0.3 is 16.9 Å². The Morgan fingerprint density at radius 3 is 2.33 bits per heavy atom. The van der Waals surface area contributed by atoms with Crippen molar-refractivity contribution in [1.29, 1.82) is 0 Å². The number of hydrogen-bond donors (Lipinski definition) is 4. The van der Waals surface area contributed by atoms with Crippen molar-refractivity contribution < 1.29 is 13.2 Å². The summed E-state index contributed by atoms with van der Waals surface area (Å²) in [5.41, 5.74) is 9.20. The van der Waals surface area contributed by atoms with Gasteiger partial charge in [0.15, 0.2) is 0 Å². The molecular weight excluding hydrogens is 514 g/mol. The molecule has 0 unspecified atom stereocenters. The first-order valence-corrected chi connectivity index (χ1v) is 13.6. The van der Waals surface area contributed by atoms with Gasteiger partial charge in [0.05, 0.1) is 16.3 Å². The van der Waals surface area contributed by atoms with Gasteiger partial charge in [-0.15, -0.1) is 0 Å². The molecule has 0 bridgehead atoms. The molecule has 0 atom stereocenters. The van der Waals surface area contributed by atoms with Crippen LogP contribution in [0.3, 0.4) is 0 Å². The van der Waals surface area contributed by atoms with Crippen LogP contribution in [-0.2, 0) is 10.0 Å². The Morgan fingerprint density at radius 1 is 0.974 bits per heavy atom. The fraction of sp³-hybridized carbons (Fsp3) is 0.179. The SMILES string of the molecule is Cc1cc(C(=O)Nc2ccc(-c3ccccc3S(=O)(=O)NC(C)(C)C)cc2)n(-c2cccc(C(N)=NN)c2)n1. The van der Waals surface area contributed by atoms with Gasteiger partial charge in [0.25, 0.3) is 5.91 Å². The third-order valence-electron chi connectivity index (χ3n) is 5.66. The quantitative estimate of drug-likeness (QED) is 0.120. The molecule has 4 aromatic rings. The normalized spacial score (nSPS) is 12.4. The summed E-state index contributed by atoms with van der Waals surface area (Å²) in [5, 5.41) is 10.9. The number of nitrogens with zero attached hydrogens (tertiary/aromatic N) is 3. The lowest BCUT2D eigenvalue weighted by Gasteiger charge is -2.21. The maximum atomic E-state index is 13.2. The van der Waals surface area contributed by atoms with Crippen LogP contribution < -0.4 is 21.6 Å². The number of sulfonamides is 1. The number of nitrogens with one attached hydrogen (secondary N) is 2. The maximum Gasteiger partial charge on any atom is 0.274 e. The van der Waals surface area contributed by atoms with E-state index in [2.05, 4.69) is 20.2 Å². The van der Waals surface area contributed by atoms with Gasteiger partial charge in [-0.2, -0.15) is 10.2 Å². The van der Waals surface area contributed by atoms with Gasteiger partial charge in [0, 0.05) is 22.4 Å². The number of nitrogens with two attached hydrogens (primary N) is 2. The Hall–Kier alpha value is -4.48. The molecule has 0 aliphatic heterocycles. The van der Waals surface area contributed by atoms with Gasteiger partial charge >= 0.3 is 0 Å². The maximum absolute atomic E-state index is 13.2. The first-order chi connectivity index (χ1) is 18.4. The molecule has 3 aromatic carbocycles. The molecule has 202 valence electrons. The van der Waals surface area contributed by atoms with Crippen LogP contribution >= 0.6 is 0 Å². The summed E-state index contributed by atoms with van der Waals surface area (Å²) in [6.45, 7) is 7.16. The number of carbonyl (C=O) groups is 1. The number of amides is 1. The molecule has 0 fully saturated rings. The van der Waals surface area contributed by atoms with E-state index in [0.717, 1.165) is 0 Å². The van der Waals surface area contributed by atoms with Gasteiger partial charge in [-0.1, -0.05) is 42.5 Å². The average molecular weight is 546 g/mol. The van der Waals surface area contributed by atoms with Crippen molar-refractivity contribution in [2.24, 2.45) is 16.7 Å². The summed E-state index contributed by atoms with van der Waals surface area (Å²) in [7, 11) is -3.75. The summed E-state index contributed by atoms with van der Waals surface area (Å²) in [6.07, 6.45) is 0. The lowest BCUT2D eigenvalue weighted by Crippen LogP contribution is -2.40. The molecule has 39 heavy (non-hydrogen) atoms. The smallest absolute Gasteiger partial charge is 0.274 e. The Morgan fingerprint density at radius 2 is 1.67 bits per heavy atom. The first kappa shape index (κ1) is 27.6. The molecule has 0 spiro atoms. The first-order valence-electron chi connectivity index (χ1n) is 12.1. The van der Waals surface area contributed by atoms with Gasteiger partial charge in [-0.25, -0.2) is 17.8 Å². The van der Waals surface area contributed by atoms with Crippen molar-refractivity contribution >= 4 is 27.5 Å². The van der Waals surface area contributed by atoms with Gasteiger partial charge in [-0.3, -0.25) is 4.79 Å². The van der Waals surface area contributed by atoms with Crippen LogP contribution in [-0.4, -0.2) is 35.5 Å². The number of aryl methyl sites for hydroxylation is 1. The largest absolute Gasteiger partial charge is 0.382 e. The molecule has 0 aliphatic carbocycles. The third kappa shape index (κ3) is 6.33. The number of aromatic nitrogens is 2. The highest BCUT2D eigenvalue weighted by Gasteiger charge is 2.25. The lowest BCUT2D eigenvalue weighted by atomic mass is 10.1. The van der Waals surface area contributed by atoms with Crippen molar-refractivity contribution in [1.82, 2.24) is 14.5 Å². The molecule has 1 heterocycles. The fourth-order valence-electron chi connectivity index (χ4n) is 4.06. The van der Waals surface area contributed by atoms with E-state index in [1.54, 1.807) is 107 Å². The zero-order chi connectivity index (χ0) is 28.4. The summed E-state index contributed by atoms with van der Waals surface area (Å²) in [6, 6.07) is 22.5. The van der Waals surface area contributed by atoms with E-state index in [4.69, 9.17) is 11.6 Å². The van der Waals surface area contributed by atoms with Crippen LogP contribution in [0.4, 0.5) is 5.69 Å². The Kier molecular flexibility index (Phi) is 7.57. The lowest BCUT2D eigenvalue weighted by molar-refractivity contribution is 0.101. The number of anilines is 1. The van der Waals surface area contributed by atoms with E-state index in [-0.39, 0.29) is 16.6 Å². The topological polar surface area (TPSA) is 157 Å². The van der Waals surface area contributed by atoms with Crippen molar-refractivity contribution in [3.8, 4) is 16.8 Å². The number of rotatable bonds is 7. The van der Waals surface area contributed by atoms with Crippen LogP contribution in [0.25, 0.3) is 16.8 Å². The van der Waals surface area contributed by atoms with Gasteiger partial charge in [0.2, 0.25) is 10.0 Å². The minimum absolute atomic E-state index is 0.162. The van der Waals surface area contributed by atoms with Crippen molar-refractivity contribution in [2.75, 3.05) is 5.32 Å². The molecule has 1 amide bonds. The summed E-state index contributed by atoms with van der Waals surface area (Å²) < 4.78 is 30.3. The van der Waals surface area contributed by atoms with Crippen molar-refractivity contribution in [2.45, 2.75) is 38.1 Å². The highest BCUT2D eigenvalue weighted by Crippen LogP contribution is 2.29. The monoisotopic (exact) mass is 545 g/mol. The van der Waals surface area contributed by atoms with E-state index >= 15 is 0 Å². The molecule has 0 aliphatic rings. The Bertz CT molecular complexity index is 1650. The summed E-state index contributed by atoms with van der Waals surface area (Å²) in [5.74, 6) is 5.10. The highest BCUT2D eigenvalue weighted by molar-refractivity contribution is 7.89.